The van der Waals surface area contributed by atoms with Crippen molar-refractivity contribution in [3.63, 3.8) is 0 Å². The van der Waals surface area contributed by atoms with E-state index in [1.165, 1.54) is 77.0 Å². The molecule has 0 aromatic carbocycles. The van der Waals surface area contributed by atoms with E-state index in [0.717, 1.165) is 43.4 Å². The number of rotatable bonds is 22. The van der Waals surface area contributed by atoms with E-state index in [-0.39, 0.29) is 83.8 Å². The number of carboxylic acid groups (broad SMARTS) is 1. The summed E-state index contributed by atoms with van der Waals surface area (Å²) >= 11 is 0. The molecule has 0 aliphatic carbocycles. The van der Waals surface area contributed by atoms with Gasteiger partial charge in [-0.1, -0.05) is 117 Å². The van der Waals surface area contributed by atoms with Gasteiger partial charge in [-0.25, -0.2) is 0 Å². The molecule has 0 atom stereocenters. The van der Waals surface area contributed by atoms with Crippen molar-refractivity contribution >= 4 is 76.9 Å². The number of unbranched alkanes of at least 4 members (excludes halogenated alkanes) is 16. The van der Waals surface area contributed by atoms with Gasteiger partial charge in [-0.3, -0.25) is 19.3 Å². The fraction of sp³-hybridized carbons (Fsp3) is 0.885. The van der Waals surface area contributed by atoms with Gasteiger partial charge in [-0.2, -0.15) is 0 Å². The number of carboxylic acids is 1. The van der Waals surface area contributed by atoms with Crippen LogP contribution in [0.5, 0.6) is 0 Å². The minimum atomic E-state index is -1.12. The standard InChI is InChI=1S/C26H49NO4.2Na.2H/c1-3-5-7-9-11-13-15-17-19-21-24(28)27(23-26(30)31)25(29)22-20-18-16-14-12-10-8-6-4-2;;;;/h3-23H2,1-2H3,(H,30,31);;;;. The Morgan fingerprint density at radius 2 is 0.788 bits per heavy atom. The van der Waals surface area contributed by atoms with Crippen LogP contribution < -0.4 is 0 Å². The van der Waals surface area contributed by atoms with Gasteiger partial charge < -0.3 is 5.11 Å². The van der Waals surface area contributed by atoms with Crippen molar-refractivity contribution in [3.05, 3.63) is 0 Å². The summed E-state index contributed by atoms with van der Waals surface area (Å²) in [5, 5.41) is 9.10. The number of nitrogens with zero attached hydrogens (tertiary/aromatic N) is 1. The second-order valence-electron chi connectivity index (χ2n) is 8.92. The second-order valence-corrected chi connectivity index (χ2v) is 8.92. The zero-order chi connectivity index (χ0) is 23.2. The zero-order valence-electron chi connectivity index (χ0n) is 20.5. The van der Waals surface area contributed by atoms with Gasteiger partial charge in [0.15, 0.2) is 0 Å². The third kappa shape index (κ3) is 25.5. The maximum atomic E-state index is 12.4. The molecule has 0 aromatic heterocycles. The van der Waals surface area contributed by atoms with Crippen molar-refractivity contribution in [1.29, 1.82) is 0 Å². The number of hydrogen-bond acceptors (Lipinski definition) is 3. The Labute approximate surface area is 248 Å². The molecule has 0 spiro atoms. The van der Waals surface area contributed by atoms with E-state index in [0.29, 0.717) is 0 Å². The summed E-state index contributed by atoms with van der Waals surface area (Å²) in [5.74, 6) is -1.78. The van der Waals surface area contributed by atoms with Crippen LogP contribution in [-0.2, 0) is 14.4 Å². The molecule has 0 aliphatic heterocycles. The van der Waals surface area contributed by atoms with Crippen molar-refractivity contribution in [2.75, 3.05) is 6.54 Å². The van der Waals surface area contributed by atoms with Gasteiger partial charge in [-0.05, 0) is 12.8 Å². The van der Waals surface area contributed by atoms with Gasteiger partial charge in [0, 0.05) is 12.8 Å². The quantitative estimate of drug-likeness (QED) is 0.151. The van der Waals surface area contributed by atoms with Crippen LogP contribution in [-0.4, -0.2) is 93.4 Å². The van der Waals surface area contributed by atoms with Gasteiger partial charge in [0.1, 0.15) is 6.54 Å². The number of amides is 2. The van der Waals surface area contributed by atoms with Crippen molar-refractivity contribution in [2.24, 2.45) is 0 Å². The van der Waals surface area contributed by atoms with E-state index < -0.39 is 12.5 Å². The minimum absolute atomic E-state index is 0. The van der Waals surface area contributed by atoms with Gasteiger partial charge in [0.25, 0.3) is 0 Å². The van der Waals surface area contributed by atoms with Gasteiger partial charge >= 0.3 is 65.1 Å². The molecule has 0 saturated heterocycles. The molecule has 0 aliphatic rings. The molecular weight excluding hydrogens is 436 g/mol. The molecule has 5 nitrogen and oxygen atoms in total. The van der Waals surface area contributed by atoms with Crippen molar-refractivity contribution < 1.29 is 19.5 Å². The summed E-state index contributed by atoms with van der Waals surface area (Å²) in [4.78, 5) is 36.9. The van der Waals surface area contributed by atoms with E-state index in [1.54, 1.807) is 0 Å². The van der Waals surface area contributed by atoms with Crippen LogP contribution in [0.1, 0.15) is 142 Å². The normalized spacial score (nSPS) is 10.2. The first-order valence-electron chi connectivity index (χ1n) is 13.1. The SMILES string of the molecule is CCCCCCCCCCCC(=O)N(CC(=O)O)C(=O)CCCCCCCCCCC.[NaH].[NaH]. The average molecular weight is 488 g/mol. The molecule has 2 amide bonds. The number of carbonyl (C=O) groups excluding carboxylic acids is 2. The van der Waals surface area contributed by atoms with Crippen molar-refractivity contribution in [3.8, 4) is 0 Å². The predicted octanol–water partition coefficient (Wildman–Crippen LogP) is 5.97. The van der Waals surface area contributed by atoms with E-state index in [9.17, 15) is 14.4 Å². The number of aliphatic carboxylic acids is 1. The van der Waals surface area contributed by atoms with Crippen LogP contribution in [0.3, 0.4) is 0 Å². The molecule has 0 unspecified atom stereocenters. The average Bonchev–Trinajstić information content (AvgIpc) is 2.74. The van der Waals surface area contributed by atoms with E-state index in [1.807, 2.05) is 0 Å². The molecule has 0 rings (SSSR count). The summed E-state index contributed by atoms with van der Waals surface area (Å²) in [6, 6.07) is 0. The predicted molar refractivity (Wildman–Crippen MR) is 142 cm³/mol. The van der Waals surface area contributed by atoms with E-state index >= 15 is 0 Å². The Kier molecular flexibility index (Phi) is 33.3. The Morgan fingerprint density at radius 3 is 1.06 bits per heavy atom. The third-order valence-corrected chi connectivity index (χ3v) is 5.88. The van der Waals surface area contributed by atoms with Gasteiger partial charge in [0.2, 0.25) is 11.8 Å². The zero-order valence-corrected chi connectivity index (χ0v) is 20.5. The monoisotopic (exact) mass is 487 g/mol. The van der Waals surface area contributed by atoms with Crippen molar-refractivity contribution in [1.82, 2.24) is 4.90 Å². The summed E-state index contributed by atoms with van der Waals surface area (Å²) < 4.78 is 0. The van der Waals surface area contributed by atoms with Crippen LogP contribution in [0.2, 0.25) is 0 Å². The van der Waals surface area contributed by atoms with Gasteiger partial charge in [0.05, 0.1) is 0 Å². The Hall–Kier alpha value is 0.610. The van der Waals surface area contributed by atoms with Crippen molar-refractivity contribution in [2.45, 2.75) is 142 Å². The van der Waals surface area contributed by atoms with Gasteiger partial charge in [-0.15, -0.1) is 0 Å². The Morgan fingerprint density at radius 1 is 0.515 bits per heavy atom. The molecule has 0 aromatic rings. The fourth-order valence-electron chi connectivity index (χ4n) is 3.89. The molecular formula is C26H51NNa2O4. The second kappa shape index (κ2) is 28.8. The summed E-state index contributed by atoms with van der Waals surface area (Å²) in [6.07, 6.45) is 21.3. The number of imide groups is 1. The summed E-state index contributed by atoms with van der Waals surface area (Å²) in [6.45, 7) is 3.92. The molecule has 1 N–H and O–H groups in total. The van der Waals surface area contributed by atoms with E-state index in [2.05, 4.69) is 13.8 Å². The Balaban J connectivity index is -0.00000450. The van der Waals surface area contributed by atoms with Crippen LogP contribution in [0.15, 0.2) is 0 Å². The topological polar surface area (TPSA) is 74.7 Å². The fourth-order valence-corrected chi connectivity index (χ4v) is 3.89. The molecule has 0 heterocycles. The molecule has 0 fully saturated rings. The molecule has 186 valence electrons. The van der Waals surface area contributed by atoms with Crippen LogP contribution >= 0.6 is 0 Å². The third-order valence-electron chi connectivity index (χ3n) is 5.88. The first-order valence-corrected chi connectivity index (χ1v) is 13.1. The summed E-state index contributed by atoms with van der Waals surface area (Å²) in [7, 11) is 0. The Bertz CT molecular complexity index is 441. The number of hydrogen-bond donors (Lipinski definition) is 1. The van der Waals surface area contributed by atoms with E-state index in [4.69, 9.17) is 5.11 Å². The maximum absolute atomic E-state index is 12.4. The molecule has 0 radical (unpaired) electrons. The molecule has 0 bridgehead atoms. The first kappa shape index (κ1) is 38.1. The first-order chi connectivity index (χ1) is 15.0. The van der Waals surface area contributed by atoms with Crippen LogP contribution in [0, 0.1) is 0 Å². The molecule has 7 heteroatoms. The van der Waals surface area contributed by atoms with Crippen LogP contribution in [0.25, 0.3) is 0 Å². The van der Waals surface area contributed by atoms with Crippen LogP contribution in [0.4, 0.5) is 0 Å². The number of carbonyl (C=O) groups is 3. The summed E-state index contributed by atoms with van der Waals surface area (Å²) in [5.41, 5.74) is 0. The molecule has 33 heavy (non-hydrogen) atoms. The molecule has 0 saturated carbocycles.